The van der Waals surface area contributed by atoms with Gasteiger partial charge in [0, 0.05) is 20.1 Å². The van der Waals surface area contributed by atoms with Gasteiger partial charge in [-0.25, -0.2) is 14.8 Å². The summed E-state index contributed by atoms with van der Waals surface area (Å²) in [6.45, 7) is 3.70. The lowest BCUT2D eigenvalue weighted by Gasteiger charge is -2.39. The topological polar surface area (TPSA) is 117 Å². The summed E-state index contributed by atoms with van der Waals surface area (Å²) in [5, 5.41) is 23.7. The number of fused-ring (bicyclic) bond motifs is 1. The Morgan fingerprint density at radius 2 is 1.87 bits per heavy atom. The molecule has 1 aliphatic heterocycles. The quantitative estimate of drug-likeness (QED) is 0.241. The number of carboxylic acid groups (broad SMARTS) is 1. The molecule has 12 heteroatoms. The number of ether oxygens (including phenoxy) is 1. The number of benzene rings is 2. The third-order valence-corrected chi connectivity index (χ3v) is 8.53. The normalized spacial score (nSPS) is 13.4. The molecule has 3 aromatic heterocycles. The Morgan fingerprint density at radius 1 is 1.10 bits per heavy atom. The molecule has 0 aliphatic carbocycles. The number of aromatic nitrogens is 4. The van der Waals surface area contributed by atoms with Crippen LogP contribution in [-0.4, -0.2) is 57.5 Å². The number of anilines is 5. The maximum Gasteiger partial charge on any atom is 0.357 e. The number of carbonyl (C=O) groups is 1. The molecule has 1 fully saturated rings. The van der Waals surface area contributed by atoms with E-state index in [0.29, 0.717) is 41.5 Å². The highest BCUT2D eigenvalue weighted by Gasteiger charge is 2.34. The molecule has 0 unspecified atom stereocenters. The van der Waals surface area contributed by atoms with Crippen LogP contribution in [0.15, 0.2) is 60.7 Å². The fraction of sp³-hybridized carbons (Fsp3) is 0.222. The molecule has 198 valence electrons. The molecular weight excluding hydrogens is 534 g/mol. The number of nitrogens with one attached hydrogen (secondary N) is 1. The number of aryl methyl sites for hydroxylation is 1. The van der Waals surface area contributed by atoms with Gasteiger partial charge in [-0.05, 0) is 36.2 Å². The Bertz CT molecular complexity index is 1600. The van der Waals surface area contributed by atoms with Crippen molar-refractivity contribution < 1.29 is 14.6 Å². The number of rotatable bonds is 9. The van der Waals surface area contributed by atoms with E-state index in [-0.39, 0.29) is 11.8 Å². The van der Waals surface area contributed by atoms with E-state index in [1.165, 1.54) is 11.3 Å². The van der Waals surface area contributed by atoms with Gasteiger partial charge in [0.2, 0.25) is 0 Å². The van der Waals surface area contributed by atoms with Crippen LogP contribution in [0.5, 0.6) is 0 Å². The van der Waals surface area contributed by atoms with Crippen molar-refractivity contribution in [1.29, 1.82) is 0 Å². The summed E-state index contributed by atoms with van der Waals surface area (Å²) in [6, 6.07) is 19.8. The van der Waals surface area contributed by atoms with Crippen LogP contribution in [0.4, 0.5) is 26.9 Å². The fourth-order valence-corrected chi connectivity index (χ4v) is 6.09. The van der Waals surface area contributed by atoms with Crippen LogP contribution in [0, 0.1) is 6.92 Å². The number of nitrogens with zero attached hydrogens (tertiary/aromatic N) is 6. The smallest absolute Gasteiger partial charge is 0.357 e. The van der Waals surface area contributed by atoms with Gasteiger partial charge in [-0.1, -0.05) is 65.1 Å². The van der Waals surface area contributed by atoms with Gasteiger partial charge in [-0.3, -0.25) is 0 Å². The minimum absolute atomic E-state index is 0.0298. The standard InChI is InChI=1S/C27H25N7O3S2/c1-16-12-21(31-32-23(16)30-26-28-19-10-6-7-11-20(19)38-26)33(2)27-29-22(25(35)36)24(39-27)34-13-18(14-34)37-15-17-8-4-3-5-9-17/h3-12,18H,13-15H2,1-2H3,(H,35,36)(H,28,30,32). The summed E-state index contributed by atoms with van der Waals surface area (Å²) in [5.41, 5.74) is 2.95. The number of carboxylic acids is 1. The molecule has 10 nitrogen and oxygen atoms in total. The van der Waals surface area contributed by atoms with Gasteiger partial charge in [0.25, 0.3) is 0 Å². The van der Waals surface area contributed by atoms with Gasteiger partial charge in [0.15, 0.2) is 27.6 Å². The van der Waals surface area contributed by atoms with Gasteiger partial charge in [0.05, 0.1) is 22.9 Å². The van der Waals surface area contributed by atoms with Crippen LogP contribution in [0.25, 0.3) is 10.2 Å². The van der Waals surface area contributed by atoms with Gasteiger partial charge in [-0.15, -0.1) is 10.2 Å². The largest absolute Gasteiger partial charge is 0.476 e. The number of para-hydroxylation sites is 1. The summed E-state index contributed by atoms with van der Waals surface area (Å²) in [5.74, 6) is 0.110. The summed E-state index contributed by atoms with van der Waals surface area (Å²) >= 11 is 2.87. The zero-order valence-corrected chi connectivity index (χ0v) is 22.9. The molecule has 0 saturated carbocycles. The number of hydrogen-bond acceptors (Lipinski definition) is 11. The van der Waals surface area contributed by atoms with Gasteiger partial charge >= 0.3 is 5.97 Å². The molecule has 1 saturated heterocycles. The van der Waals surface area contributed by atoms with Gasteiger partial charge < -0.3 is 25.0 Å². The van der Waals surface area contributed by atoms with E-state index in [1.807, 2.05) is 72.5 Å². The number of aromatic carboxylic acids is 1. The van der Waals surface area contributed by atoms with E-state index >= 15 is 0 Å². The van der Waals surface area contributed by atoms with Crippen molar-refractivity contribution in [3.8, 4) is 0 Å². The first-order chi connectivity index (χ1) is 18.9. The molecule has 0 bridgehead atoms. The van der Waals surface area contributed by atoms with Crippen molar-refractivity contribution in [2.75, 3.05) is 35.3 Å². The molecule has 1 aliphatic rings. The molecule has 0 radical (unpaired) electrons. The third-order valence-electron chi connectivity index (χ3n) is 6.39. The summed E-state index contributed by atoms with van der Waals surface area (Å²) in [7, 11) is 1.81. The molecule has 0 spiro atoms. The molecular formula is C27H25N7O3S2. The van der Waals surface area contributed by atoms with E-state index in [1.54, 1.807) is 23.3 Å². The Kier molecular flexibility index (Phi) is 6.81. The second kappa shape index (κ2) is 10.6. The zero-order chi connectivity index (χ0) is 26.9. The average molecular weight is 560 g/mol. The van der Waals surface area contributed by atoms with Crippen LogP contribution in [0.2, 0.25) is 0 Å². The Morgan fingerprint density at radius 3 is 2.62 bits per heavy atom. The molecule has 39 heavy (non-hydrogen) atoms. The Balaban J connectivity index is 1.14. The lowest BCUT2D eigenvalue weighted by atomic mass is 10.1. The summed E-state index contributed by atoms with van der Waals surface area (Å²) in [4.78, 5) is 24.8. The van der Waals surface area contributed by atoms with Crippen LogP contribution < -0.4 is 15.1 Å². The molecule has 0 atom stereocenters. The first-order valence-electron chi connectivity index (χ1n) is 12.3. The minimum Gasteiger partial charge on any atom is -0.476 e. The maximum atomic E-state index is 12.0. The lowest BCUT2D eigenvalue weighted by Crippen LogP contribution is -2.52. The lowest BCUT2D eigenvalue weighted by molar-refractivity contribution is 0.0225. The molecule has 4 heterocycles. The first kappa shape index (κ1) is 25.2. The third kappa shape index (κ3) is 5.26. The SMILES string of the molecule is Cc1cc(N(C)c2nc(C(=O)O)c(N3CC(OCc4ccccc4)C3)s2)nnc1Nc1nc2ccccc2s1. The highest BCUT2D eigenvalue weighted by Crippen LogP contribution is 2.39. The van der Waals surface area contributed by atoms with E-state index in [0.717, 1.165) is 26.5 Å². The van der Waals surface area contributed by atoms with Crippen LogP contribution >= 0.6 is 22.7 Å². The fourth-order valence-electron chi connectivity index (χ4n) is 4.18. The second-order valence-electron chi connectivity index (χ2n) is 9.18. The minimum atomic E-state index is -1.06. The maximum absolute atomic E-state index is 12.0. The molecule has 0 amide bonds. The highest BCUT2D eigenvalue weighted by atomic mass is 32.1. The summed E-state index contributed by atoms with van der Waals surface area (Å²) < 4.78 is 7.07. The van der Waals surface area contributed by atoms with Crippen molar-refractivity contribution in [2.24, 2.45) is 0 Å². The van der Waals surface area contributed by atoms with E-state index in [4.69, 9.17) is 4.74 Å². The van der Waals surface area contributed by atoms with E-state index in [2.05, 4.69) is 25.5 Å². The monoisotopic (exact) mass is 559 g/mol. The molecule has 5 aromatic rings. The second-order valence-corrected chi connectivity index (χ2v) is 11.2. The Labute approximate surface area is 232 Å². The zero-order valence-electron chi connectivity index (χ0n) is 21.2. The van der Waals surface area contributed by atoms with E-state index in [9.17, 15) is 9.90 Å². The van der Waals surface area contributed by atoms with Crippen LogP contribution in [0.3, 0.4) is 0 Å². The Hall–Kier alpha value is -4.13. The summed E-state index contributed by atoms with van der Waals surface area (Å²) in [6.07, 6.45) is 0.0409. The van der Waals surface area contributed by atoms with Crippen molar-refractivity contribution in [1.82, 2.24) is 20.2 Å². The molecule has 2 N–H and O–H groups in total. The highest BCUT2D eigenvalue weighted by molar-refractivity contribution is 7.22. The predicted octanol–water partition coefficient (Wildman–Crippen LogP) is 5.47. The van der Waals surface area contributed by atoms with Gasteiger partial charge in [-0.2, -0.15) is 0 Å². The molecule has 2 aromatic carbocycles. The van der Waals surface area contributed by atoms with Crippen molar-refractivity contribution in [2.45, 2.75) is 19.6 Å². The first-order valence-corrected chi connectivity index (χ1v) is 13.9. The van der Waals surface area contributed by atoms with Crippen LogP contribution in [0.1, 0.15) is 21.6 Å². The predicted molar refractivity (Wildman–Crippen MR) is 154 cm³/mol. The van der Waals surface area contributed by atoms with Crippen LogP contribution in [-0.2, 0) is 11.3 Å². The number of thiazole rings is 2. The van der Waals surface area contributed by atoms with Crippen molar-refractivity contribution >= 4 is 65.8 Å². The van der Waals surface area contributed by atoms with E-state index < -0.39 is 5.97 Å². The molecule has 6 rings (SSSR count). The van der Waals surface area contributed by atoms with Crippen molar-refractivity contribution in [3.63, 3.8) is 0 Å². The number of hydrogen-bond donors (Lipinski definition) is 2. The van der Waals surface area contributed by atoms with Gasteiger partial charge in [0.1, 0.15) is 5.00 Å². The van der Waals surface area contributed by atoms with Crippen molar-refractivity contribution in [3.05, 3.63) is 77.5 Å². The average Bonchev–Trinajstić information content (AvgIpc) is 3.53.